The van der Waals surface area contributed by atoms with Crippen molar-refractivity contribution >= 4 is 11.8 Å². The third-order valence-corrected chi connectivity index (χ3v) is 3.34. The number of ether oxygens (including phenoxy) is 3. The molecule has 27 heavy (non-hydrogen) atoms. The fraction of sp³-hybridized carbons (Fsp3) is 0.529. The highest BCUT2D eigenvalue weighted by atomic mass is 19.2. The molecule has 152 valence electrons. The first-order chi connectivity index (χ1) is 12.7. The Hall–Kier alpha value is -2.07. The lowest BCUT2D eigenvalue weighted by molar-refractivity contribution is -0.136. The Bertz CT molecular complexity index is 649. The average molecular weight is 398 g/mol. The number of halogens is 5. The summed E-state index contributed by atoms with van der Waals surface area (Å²) in [6.07, 6.45) is -0.211. The van der Waals surface area contributed by atoms with Crippen LogP contribution in [-0.2, 0) is 19.1 Å². The molecule has 0 unspecified atom stereocenters. The number of esters is 1. The molecule has 0 fully saturated rings. The zero-order valence-corrected chi connectivity index (χ0v) is 14.8. The molecule has 0 saturated heterocycles. The summed E-state index contributed by atoms with van der Waals surface area (Å²) in [7, 11) is 0. The second-order valence-electron chi connectivity index (χ2n) is 5.72. The van der Waals surface area contributed by atoms with Crippen LogP contribution in [0.3, 0.4) is 0 Å². The van der Waals surface area contributed by atoms with Crippen molar-refractivity contribution in [2.75, 3.05) is 26.4 Å². The highest BCUT2D eigenvalue weighted by molar-refractivity contribution is 5.80. The van der Waals surface area contributed by atoms with E-state index in [2.05, 4.69) is 4.74 Å². The molecule has 10 heteroatoms. The maximum atomic E-state index is 13.4. The number of hydrogen-bond donors (Lipinski definition) is 0. The topological polar surface area (TPSA) is 61.8 Å². The Kier molecular flexibility index (Phi) is 9.30. The summed E-state index contributed by atoms with van der Waals surface area (Å²) in [5.74, 6) is -14.1. The fourth-order valence-electron chi connectivity index (χ4n) is 1.78. The first-order valence-electron chi connectivity index (χ1n) is 8.07. The molecule has 0 heterocycles. The number of benzene rings is 1. The van der Waals surface area contributed by atoms with Gasteiger partial charge in [0.15, 0.2) is 0 Å². The molecular weight excluding hydrogens is 379 g/mol. The third-order valence-electron chi connectivity index (χ3n) is 3.34. The van der Waals surface area contributed by atoms with Crippen molar-refractivity contribution in [2.24, 2.45) is 5.92 Å². The molecule has 1 aromatic rings. The van der Waals surface area contributed by atoms with Crippen LogP contribution in [0.15, 0.2) is 0 Å². The van der Waals surface area contributed by atoms with Crippen molar-refractivity contribution in [1.82, 2.24) is 0 Å². The van der Waals surface area contributed by atoms with E-state index in [9.17, 15) is 31.5 Å². The van der Waals surface area contributed by atoms with Crippen LogP contribution in [0.2, 0.25) is 0 Å². The van der Waals surface area contributed by atoms with Gasteiger partial charge in [-0.25, -0.2) is 13.2 Å². The predicted molar refractivity (Wildman–Crippen MR) is 82.6 cm³/mol. The molecule has 5 nitrogen and oxygen atoms in total. The van der Waals surface area contributed by atoms with E-state index in [1.807, 2.05) is 0 Å². The van der Waals surface area contributed by atoms with Crippen LogP contribution in [-0.4, -0.2) is 38.2 Å². The van der Waals surface area contributed by atoms with E-state index in [4.69, 9.17) is 9.47 Å². The van der Waals surface area contributed by atoms with Gasteiger partial charge in [-0.2, -0.15) is 8.78 Å². The Labute approximate surface area is 152 Å². The van der Waals surface area contributed by atoms with Crippen LogP contribution in [0.5, 0.6) is 5.75 Å². The smallest absolute Gasteiger partial charge is 0.313 e. The van der Waals surface area contributed by atoms with E-state index in [0.717, 1.165) is 0 Å². The van der Waals surface area contributed by atoms with E-state index < -0.39 is 47.2 Å². The number of rotatable bonds is 11. The zero-order valence-electron chi connectivity index (χ0n) is 14.8. The van der Waals surface area contributed by atoms with Gasteiger partial charge in [0.25, 0.3) is 0 Å². The Morgan fingerprint density at radius 1 is 0.741 bits per heavy atom. The number of hydrogen-bond acceptors (Lipinski definition) is 5. The standard InChI is InChI=1S/C17H19F5O5/c1-9(2)10(23)3-5-25-7-8-26-6-4-11(24)27-17-15(21)13(19)12(18)14(20)16(17)22/h9H,3-8H2,1-2H3. The van der Waals surface area contributed by atoms with Gasteiger partial charge in [-0.1, -0.05) is 13.8 Å². The van der Waals surface area contributed by atoms with Crippen molar-refractivity contribution in [1.29, 1.82) is 0 Å². The summed E-state index contributed by atoms with van der Waals surface area (Å²) in [4.78, 5) is 22.8. The second-order valence-corrected chi connectivity index (χ2v) is 5.72. The van der Waals surface area contributed by atoms with Gasteiger partial charge < -0.3 is 14.2 Å². The van der Waals surface area contributed by atoms with Crippen molar-refractivity contribution in [3.05, 3.63) is 29.1 Å². The van der Waals surface area contributed by atoms with Gasteiger partial charge in [-0.3, -0.25) is 9.59 Å². The molecule has 0 N–H and O–H groups in total. The molecule has 1 rings (SSSR count). The van der Waals surface area contributed by atoms with Gasteiger partial charge in [-0.05, 0) is 0 Å². The quantitative estimate of drug-likeness (QED) is 0.143. The van der Waals surface area contributed by atoms with Gasteiger partial charge in [0.05, 0.1) is 32.8 Å². The monoisotopic (exact) mass is 398 g/mol. The summed E-state index contributed by atoms with van der Waals surface area (Å²) in [5, 5.41) is 0. The molecule has 1 aromatic carbocycles. The lowest BCUT2D eigenvalue weighted by Gasteiger charge is -2.09. The molecule has 0 aliphatic rings. The van der Waals surface area contributed by atoms with Gasteiger partial charge in [-0.15, -0.1) is 0 Å². The minimum Gasteiger partial charge on any atom is -0.420 e. The highest BCUT2D eigenvalue weighted by Crippen LogP contribution is 2.29. The van der Waals surface area contributed by atoms with Crippen molar-refractivity contribution in [2.45, 2.75) is 26.7 Å². The molecule has 0 radical (unpaired) electrons. The number of Topliss-reactive ketones (excluding diaryl/α,β-unsaturated/α-hetero) is 1. The molecule has 0 aliphatic heterocycles. The summed E-state index contributed by atoms with van der Waals surface area (Å²) in [6, 6.07) is 0. The first-order valence-corrected chi connectivity index (χ1v) is 8.07. The van der Waals surface area contributed by atoms with Gasteiger partial charge in [0, 0.05) is 12.3 Å². The minimum atomic E-state index is -2.34. The normalized spacial score (nSPS) is 11.1. The first kappa shape index (κ1) is 23.0. The van der Waals surface area contributed by atoms with E-state index in [1.165, 1.54) is 0 Å². The largest absolute Gasteiger partial charge is 0.420 e. The van der Waals surface area contributed by atoms with Crippen LogP contribution >= 0.6 is 0 Å². The summed E-state index contributed by atoms with van der Waals surface area (Å²) >= 11 is 0. The maximum absolute atomic E-state index is 13.4. The van der Waals surface area contributed by atoms with E-state index in [1.54, 1.807) is 13.8 Å². The van der Waals surface area contributed by atoms with E-state index in [0.29, 0.717) is 0 Å². The van der Waals surface area contributed by atoms with Crippen LogP contribution in [0.1, 0.15) is 26.7 Å². The van der Waals surface area contributed by atoms with Crippen LogP contribution in [0.4, 0.5) is 22.0 Å². The van der Waals surface area contributed by atoms with Gasteiger partial charge in [0.2, 0.25) is 34.8 Å². The van der Waals surface area contributed by atoms with Gasteiger partial charge >= 0.3 is 5.97 Å². The number of ketones is 1. The lowest BCUT2D eigenvalue weighted by atomic mass is 10.1. The SMILES string of the molecule is CC(C)C(=O)CCOCCOCCC(=O)Oc1c(F)c(F)c(F)c(F)c1F. The molecule has 0 saturated carbocycles. The number of carbonyl (C=O) groups is 2. The molecule has 0 aliphatic carbocycles. The Balaban J connectivity index is 2.30. The van der Waals surface area contributed by atoms with Crippen LogP contribution in [0.25, 0.3) is 0 Å². The van der Waals surface area contributed by atoms with Crippen molar-refractivity contribution in [3.8, 4) is 5.75 Å². The Morgan fingerprint density at radius 2 is 1.19 bits per heavy atom. The molecule has 0 aromatic heterocycles. The van der Waals surface area contributed by atoms with Crippen LogP contribution in [0, 0.1) is 35.0 Å². The summed E-state index contributed by atoms with van der Waals surface area (Å²) < 4.78 is 79.9. The van der Waals surface area contributed by atoms with E-state index >= 15 is 0 Å². The fourth-order valence-corrected chi connectivity index (χ4v) is 1.78. The Morgan fingerprint density at radius 3 is 1.67 bits per heavy atom. The number of carbonyl (C=O) groups excluding carboxylic acids is 2. The van der Waals surface area contributed by atoms with Crippen LogP contribution < -0.4 is 4.74 Å². The maximum Gasteiger partial charge on any atom is 0.313 e. The second kappa shape index (κ2) is 10.9. The minimum absolute atomic E-state index is 0.0618. The molecular formula is C17H19F5O5. The van der Waals surface area contributed by atoms with Gasteiger partial charge in [0.1, 0.15) is 5.78 Å². The predicted octanol–water partition coefficient (Wildman–Crippen LogP) is 3.33. The summed E-state index contributed by atoms with van der Waals surface area (Å²) in [6.45, 7) is 3.78. The average Bonchev–Trinajstić information content (AvgIpc) is 2.63. The molecule has 0 atom stereocenters. The third kappa shape index (κ3) is 6.87. The van der Waals surface area contributed by atoms with E-state index in [-0.39, 0.29) is 44.5 Å². The van der Waals surface area contributed by atoms with Crippen molar-refractivity contribution in [3.63, 3.8) is 0 Å². The highest BCUT2D eigenvalue weighted by Gasteiger charge is 2.28. The lowest BCUT2D eigenvalue weighted by Crippen LogP contribution is -2.16. The molecule has 0 spiro atoms. The summed E-state index contributed by atoms with van der Waals surface area (Å²) in [5.41, 5.74) is 0. The van der Waals surface area contributed by atoms with Crippen molar-refractivity contribution < 1.29 is 45.8 Å². The molecule has 0 bridgehead atoms. The molecule has 0 amide bonds. The zero-order chi connectivity index (χ0) is 20.6.